The summed E-state index contributed by atoms with van der Waals surface area (Å²) in [4.78, 5) is 6.27. The summed E-state index contributed by atoms with van der Waals surface area (Å²) >= 11 is 2.94. The Morgan fingerprint density at radius 3 is 2.67 bits per heavy atom. The molecule has 9 heteroatoms. The first-order chi connectivity index (χ1) is 11.6. The van der Waals surface area contributed by atoms with E-state index < -0.39 is 7.60 Å². The van der Waals surface area contributed by atoms with Gasteiger partial charge < -0.3 is 19.2 Å². The molecule has 0 saturated carbocycles. The number of anilines is 1. The monoisotopic (exact) mass is 384 g/mol. The molecule has 0 radical (unpaired) electrons. The van der Waals surface area contributed by atoms with Crippen molar-refractivity contribution in [1.29, 1.82) is 0 Å². The van der Waals surface area contributed by atoms with Gasteiger partial charge in [0.15, 0.2) is 10.9 Å². The van der Waals surface area contributed by atoms with Gasteiger partial charge in [0.2, 0.25) is 0 Å². The van der Waals surface area contributed by atoms with E-state index in [1.165, 1.54) is 17.6 Å². The van der Waals surface area contributed by atoms with Crippen molar-refractivity contribution in [3.63, 3.8) is 0 Å². The van der Waals surface area contributed by atoms with Crippen molar-refractivity contribution in [2.75, 3.05) is 18.9 Å². The van der Waals surface area contributed by atoms with E-state index in [0.717, 1.165) is 9.75 Å². The normalized spacial score (nSPS) is 11.9. The van der Waals surface area contributed by atoms with Crippen LogP contribution in [0.5, 0.6) is 0 Å². The summed E-state index contributed by atoms with van der Waals surface area (Å²) in [5, 5.41) is 2.76. The van der Waals surface area contributed by atoms with Gasteiger partial charge >= 0.3 is 7.60 Å². The van der Waals surface area contributed by atoms with E-state index in [4.69, 9.17) is 19.2 Å². The van der Waals surface area contributed by atoms with Crippen molar-refractivity contribution < 1.29 is 18.0 Å². The van der Waals surface area contributed by atoms with Crippen LogP contribution in [0, 0.1) is 0 Å². The van der Waals surface area contributed by atoms with Gasteiger partial charge in [0.05, 0.1) is 24.4 Å². The number of thiazole rings is 1. The average molecular weight is 384 g/mol. The zero-order valence-electron chi connectivity index (χ0n) is 13.2. The molecule has 3 rings (SSSR count). The van der Waals surface area contributed by atoms with E-state index in [1.807, 2.05) is 17.5 Å². The molecular weight excluding hydrogens is 367 g/mol. The number of nitrogens with zero attached hydrogens (tertiary/aromatic N) is 1. The quantitative estimate of drug-likeness (QED) is 0.599. The molecule has 0 spiro atoms. The zero-order chi connectivity index (χ0) is 17.2. The first-order valence-electron chi connectivity index (χ1n) is 7.36. The van der Waals surface area contributed by atoms with Crippen LogP contribution in [0.15, 0.2) is 34.3 Å². The molecule has 3 heterocycles. The van der Waals surface area contributed by atoms with E-state index in [-0.39, 0.29) is 13.2 Å². The van der Waals surface area contributed by atoms with Gasteiger partial charge in [0, 0.05) is 4.88 Å². The number of aromatic nitrogens is 1. The van der Waals surface area contributed by atoms with Crippen LogP contribution < -0.4 is 11.0 Å². The first-order valence-corrected chi connectivity index (χ1v) is 10.6. The van der Waals surface area contributed by atoms with Crippen molar-refractivity contribution in [3.8, 4) is 21.2 Å². The van der Waals surface area contributed by atoms with Crippen molar-refractivity contribution >= 4 is 40.7 Å². The lowest BCUT2D eigenvalue weighted by molar-refractivity contribution is 0.230. The van der Waals surface area contributed by atoms with Gasteiger partial charge in [-0.05, 0) is 31.4 Å². The van der Waals surface area contributed by atoms with E-state index in [1.54, 1.807) is 31.3 Å². The Bertz CT molecular complexity index is 847. The van der Waals surface area contributed by atoms with Gasteiger partial charge in [0.1, 0.15) is 11.0 Å². The molecular formula is C15H17N2O4PS2. The minimum absolute atomic E-state index is 0.263. The minimum Gasteiger partial charge on any atom is -0.462 e. The maximum absolute atomic E-state index is 13.1. The molecule has 24 heavy (non-hydrogen) atoms. The second-order valence-corrected chi connectivity index (χ2v) is 8.65. The molecule has 0 fully saturated rings. The van der Waals surface area contributed by atoms with Crippen LogP contribution in [-0.4, -0.2) is 18.2 Å². The van der Waals surface area contributed by atoms with Crippen LogP contribution in [0.4, 0.5) is 5.13 Å². The molecule has 0 atom stereocenters. The maximum atomic E-state index is 13.1. The fraction of sp³-hybridized carbons (Fsp3) is 0.267. The standard InChI is InChI=1S/C15H17N2O4PS2/c1-3-20-22(18,21-4-2)10-7-8-19-13(10)12-14(24-15(16)17-12)11-6-5-9-23-11/h5-9H,3-4H2,1-2H3,(H2,16,17). The lowest BCUT2D eigenvalue weighted by Gasteiger charge is -2.16. The Labute approximate surface area is 147 Å². The highest BCUT2D eigenvalue weighted by Crippen LogP contribution is 2.51. The van der Waals surface area contributed by atoms with Crippen LogP contribution in [0.3, 0.4) is 0 Å². The van der Waals surface area contributed by atoms with Crippen LogP contribution in [0.2, 0.25) is 0 Å². The number of nitrogens with two attached hydrogens (primary N) is 1. The molecule has 0 aromatic carbocycles. The van der Waals surface area contributed by atoms with E-state index in [9.17, 15) is 4.57 Å². The fourth-order valence-corrected chi connectivity index (χ4v) is 5.64. The molecule has 3 aromatic rings. The Kier molecular flexibility index (Phi) is 5.22. The van der Waals surface area contributed by atoms with Gasteiger partial charge in [-0.25, -0.2) is 4.98 Å². The Morgan fingerprint density at radius 1 is 1.29 bits per heavy atom. The minimum atomic E-state index is -3.48. The molecule has 2 N–H and O–H groups in total. The SMILES string of the molecule is CCOP(=O)(OCC)c1ccoc1-c1nc(N)sc1-c1cccs1. The van der Waals surface area contributed by atoms with Crippen LogP contribution in [0.1, 0.15) is 13.8 Å². The second-order valence-electron chi connectivity index (χ2n) is 4.68. The highest BCUT2D eigenvalue weighted by atomic mass is 32.1. The largest absolute Gasteiger partial charge is 0.462 e. The molecule has 0 aliphatic heterocycles. The van der Waals surface area contributed by atoms with E-state index >= 15 is 0 Å². The molecule has 0 aliphatic carbocycles. The molecule has 0 unspecified atom stereocenters. The topological polar surface area (TPSA) is 87.6 Å². The Balaban J connectivity index is 2.13. The number of thiophene rings is 1. The average Bonchev–Trinajstić information content (AvgIpc) is 3.27. The van der Waals surface area contributed by atoms with Gasteiger partial charge in [0.25, 0.3) is 0 Å². The third kappa shape index (κ3) is 3.20. The number of hydrogen-bond donors (Lipinski definition) is 1. The van der Waals surface area contributed by atoms with Gasteiger partial charge in [-0.2, -0.15) is 0 Å². The Hall–Kier alpha value is -1.44. The van der Waals surface area contributed by atoms with Crippen molar-refractivity contribution in [1.82, 2.24) is 4.98 Å². The second kappa shape index (κ2) is 7.21. The highest BCUT2D eigenvalue weighted by molar-refractivity contribution is 7.62. The Morgan fingerprint density at radius 2 is 2.04 bits per heavy atom. The summed E-state index contributed by atoms with van der Waals surface area (Å²) < 4.78 is 29.6. The zero-order valence-corrected chi connectivity index (χ0v) is 15.7. The van der Waals surface area contributed by atoms with E-state index in [2.05, 4.69) is 4.98 Å². The molecule has 0 bridgehead atoms. The first kappa shape index (κ1) is 17.4. The smallest absolute Gasteiger partial charge is 0.365 e. The molecule has 128 valence electrons. The number of nitrogen functional groups attached to an aromatic ring is 1. The summed E-state index contributed by atoms with van der Waals surface area (Å²) in [5.41, 5.74) is 6.46. The third-order valence-corrected chi connectivity index (χ3v) is 7.21. The number of rotatable bonds is 7. The fourth-order valence-electron chi connectivity index (χ4n) is 2.28. The number of furan rings is 1. The molecule has 0 amide bonds. The lowest BCUT2D eigenvalue weighted by Crippen LogP contribution is -2.11. The van der Waals surface area contributed by atoms with Crippen LogP contribution in [-0.2, 0) is 13.6 Å². The molecule has 0 aliphatic rings. The van der Waals surface area contributed by atoms with Crippen molar-refractivity contribution in [2.24, 2.45) is 0 Å². The summed E-state index contributed by atoms with van der Waals surface area (Å²) in [6, 6.07) is 5.54. The van der Waals surface area contributed by atoms with Crippen LogP contribution >= 0.6 is 30.3 Å². The summed E-state index contributed by atoms with van der Waals surface area (Å²) in [5.74, 6) is 0.372. The van der Waals surface area contributed by atoms with Gasteiger partial charge in [-0.15, -0.1) is 11.3 Å². The molecule has 6 nitrogen and oxygen atoms in total. The van der Waals surface area contributed by atoms with Crippen LogP contribution in [0.25, 0.3) is 21.2 Å². The third-order valence-electron chi connectivity index (χ3n) is 3.14. The van der Waals surface area contributed by atoms with Crippen molar-refractivity contribution in [2.45, 2.75) is 13.8 Å². The predicted octanol–water partition coefficient (Wildman–Crippen LogP) is 4.61. The summed E-state index contributed by atoms with van der Waals surface area (Å²) in [6.45, 7) is 4.06. The molecule has 3 aromatic heterocycles. The predicted molar refractivity (Wildman–Crippen MR) is 98.0 cm³/mol. The molecule has 0 saturated heterocycles. The lowest BCUT2D eigenvalue weighted by atomic mass is 10.2. The van der Waals surface area contributed by atoms with E-state index in [0.29, 0.717) is 21.9 Å². The van der Waals surface area contributed by atoms with Gasteiger partial charge in [-0.3, -0.25) is 4.57 Å². The highest BCUT2D eigenvalue weighted by Gasteiger charge is 2.34. The van der Waals surface area contributed by atoms with Crippen molar-refractivity contribution in [3.05, 3.63) is 29.8 Å². The van der Waals surface area contributed by atoms with Gasteiger partial charge in [-0.1, -0.05) is 17.4 Å². The maximum Gasteiger partial charge on any atom is 0.365 e. The summed E-state index contributed by atoms with van der Waals surface area (Å²) in [6.07, 6.45) is 1.46. The summed E-state index contributed by atoms with van der Waals surface area (Å²) in [7, 11) is -3.48. The number of hydrogen-bond acceptors (Lipinski definition) is 8.